The second-order valence-electron chi connectivity index (χ2n) is 5.32. The number of anilines is 4. The molecule has 0 radical (unpaired) electrons. The van der Waals surface area contributed by atoms with Crippen LogP contribution in [-0.2, 0) is 6.18 Å². The molecule has 8 heteroatoms. The second kappa shape index (κ2) is 6.76. The van der Waals surface area contributed by atoms with Crippen LogP contribution in [0.25, 0.3) is 0 Å². The fourth-order valence-corrected chi connectivity index (χ4v) is 2.16. The number of nitrogens with zero attached hydrogens (tertiary/aromatic N) is 3. The van der Waals surface area contributed by atoms with Crippen LogP contribution in [-0.4, -0.2) is 15.2 Å². The third-order valence-corrected chi connectivity index (χ3v) is 3.36. The molecule has 0 spiro atoms. The quantitative estimate of drug-likeness (QED) is 0.718. The molecule has 1 aromatic heterocycles. The van der Waals surface area contributed by atoms with Gasteiger partial charge in [-0.1, -0.05) is 29.8 Å². The van der Waals surface area contributed by atoms with Gasteiger partial charge in [-0.3, -0.25) is 0 Å². The summed E-state index contributed by atoms with van der Waals surface area (Å²) in [6.07, 6.45) is -3.21. The third kappa shape index (κ3) is 4.23. The fraction of sp³-hybridized carbons (Fsp3) is 0.118. The number of nitrogens with one attached hydrogen (secondary N) is 2. The number of aryl methyl sites for hydroxylation is 1. The van der Waals surface area contributed by atoms with E-state index in [4.69, 9.17) is 0 Å². The van der Waals surface area contributed by atoms with Gasteiger partial charge in [-0.25, -0.2) is 0 Å². The molecule has 3 aromatic rings. The van der Waals surface area contributed by atoms with E-state index in [0.29, 0.717) is 0 Å². The van der Waals surface area contributed by atoms with Crippen molar-refractivity contribution in [2.45, 2.75) is 13.1 Å². The Morgan fingerprint density at radius 1 is 0.920 bits per heavy atom. The van der Waals surface area contributed by atoms with Crippen LogP contribution in [0.1, 0.15) is 11.1 Å². The molecule has 0 atom stereocenters. The van der Waals surface area contributed by atoms with Crippen LogP contribution in [0.3, 0.4) is 0 Å². The van der Waals surface area contributed by atoms with Crippen LogP contribution in [0.2, 0.25) is 0 Å². The number of alkyl halides is 3. The fourth-order valence-electron chi connectivity index (χ4n) is 2.16. The van der Waals surface area contributed by atoms with Crippen LogP contribution in [0.4, 0.5) is 36.3 Å². The highest BCUT2D eigenvalue weighted by molar-refractivity contribution is 5.62. The van der Waals surface area contributed by atoms with Crippen molar-refractivity contribution in [1.29, 1.82) is 0 Å². The molecular weight excluding hydrogens is 331 g/mol. The maximum atomic E-state index is 13.0. The lowest BCUT2D eigenvalue weighted by Gasteiger charge is -2.14. The molecule has 2 aromatic carbocycles. The molecule has 25 heavy (non-hydrogen) atoms. The SMILES string of the molecule is Cc1ccc(Nc2nncc(Nc3ccccc3C(F)(F)F)n2)cc1. The summed E-state index contributed by atoms with van der Waals surface area (Å²) in [5.41, 5.74) is 0.974. The Labute approximate surface area is 141 Å². The zero-order chi connectivity index (χ0) is 17.9. The lowest BCUT2D eigenvalue weighted by atomic mass is 10.1. The Bertz CT molecular complexity index is 863. The minimum Gasteiger partial charge on any atom is -0.338 e. The van der Waals surface area contributed by atoms with Gasteiger partial charge < -0.3 is 10.6 Å². The van der Waals surface area contributed by atoms with E-state index in [2.05, 4.69) is 25.8 Å². The summed E-state index contributed by atoms with van der Waals surface area (Å²) in [4.78, 5) is 4.15. The molecule has 0 saturated heterocycles. The smallest absolute Gasteiger partial charge is 0.338 e. The molecule has 0 aliphatic rings. The normalized spacial score (nSPS) is 11.2. The number of hydrogen-bond donors (Lipinski definition) is 2. The first kappa shape index (κ1) is 16.7. The van der Waals surface area contributed by atoms with Crippen LogP contribution in [0, 0.1) is 6.92 Å². The van der Waals surface area contributed by atoms with Crippen molar-refractivity contribution in [3.8, 4) is 0 Å². The molecule has 0 fully saturated rings. The first-order valence-corrected chi connectivity index (χ1v) is 7.38. The maximum Gasteiger partial charge on any atom is 0.418 e. The molecule has 0 amide bonds. The van der Waals surface area contributed by atoms with E-state index in [0.717, 1.165) is 17.3 Å². The van der Waals surface area contributed by atoms with Crippen LogP contribution < -0.4 is 10.6 Å². The monoisotopic (exact) mass is 345 g/mol. The van der Waals surface area contributed by atoms with Crippen molar-refractivity contribution in [1.82, 2.24) is 15.2 Å². The number of aromatic nitrogens is 3. The summed E-state index contributed by atoms with van der Waals surface area (Å²) < 4.78 is 39.1. The van der Waals surface area contributed by atoms with Crippen molar-refractivity contribution in [3.63, 3.8) is 0 Å². The predicted octanol–water partition coefficient (Wildman–Crippen LogP) is 4.69. The van der Waals surface area contributed by atoms with E-state index >= 15 is 0 Å². The molecule has 1 heterocycles. The average Bonchev–Trinajstić information content (AvgIpc) is 2.57. The Morgan fingerprint density at radius 3 is 2.36 bits per heavy atom. The maximum absolute atomic E-state index is 13.0. The van der Waals surface area contributed by atoms with Gasteiger partial charge in [-0.2, -0.15) is 23.3 Å². The van der Waals surface area contributed by atoms with E-state index < -0.39 is 11.7 Å². The summed E-state index contributed by atoms with van der Waals surface area (Å²) in [5.74, 6) is 0.333. The molecule has 0 unspecified atom stereocenters. The van der Waals surface area contributed by atoms with Crippen molar-refractivity contribution in [2.24, 2.45) is 0 Å². The molecule has 0 aliphatic heterocycles. The van der Waals surface area contributed by atoms with Gasteiger partial charge in [0.2, 0.25) is 5.95 Å². The molecule has 5 nitrogen and oxygen atoms in total. The minimum absolute atomic E-state index is 0.100. The molecular formula is C17H14F3N5. The highest BCUT2D eigenvalue weighted by Crippen LogP contribution is 2.35. The van der Waals surface area contributed by atoms with E-state index in [1.807, 2.05) is 31.2 Å². The van der Waals surface area contributed by atoms with Crippen LogP contribution >= 0.6 is 0 Å². The van der Waals surface area contributed by atoms with Gasteiger partial charge in [0, 0.05) is 5.69 Å². The van der Waals surface area contributed by atoms with Crippen molar-refractivity contribution in [3.05, 3.63) is 65.9 Å². The molecule has 0 bridgehead atoms. The summed E-state index contributed by atoms with van der Waals surface area (Å²) in [6.45, 7) is 1.96. The number of hydrogen-bond acceptors (Lipinski definition) is 5. The highest BCUT2D eigenvalue weighted by atomic mass is 19.4. The lowest BCUT2D eigenvalue weighted by molar-refractivity contribution is -0.136. The van der Waals surface area contributed by atoms with Gasteiger partial charge >= 0.3 is 6.18 Å². The average molecular weight is 345 g/mol. The Hall–Kier alpha value is -3.16. The standard InChI is InChI=1S/C17H14F3N5/c1-11-6-8-12(9-7-11)22-16-24-15(10-21-25-16)23-14-5-3-2-4-13(14)17(18,19)20/h2-10H,1H3,(H2,22,23,24,25). The summed E-state index contributed by atoms with van der Waals surface area (Å²) in [7, 11) is 0. The Balaban J connectivity index is 1.82. The summed E-state index contributed by atoms with van der Waals surface area (Å²) in [5, 5.41) is 13.2. The van der Waals surface area contributed by atoms with E-state index in [1.54, 1.807) is 0 Å². The van der Waals surface area contributed by atoms with Gasteiger partial charge in [0.05, 0.1) is 17.4 Å². The van der Waals surface area contributed by atoms with Crippen molar-refractivity contribution < 1.29 is 13.2 Å². The zero-order valence-electron chi connectivity index (χ0n) is 13.2. The van der Waals surface area contributed by atoms with Crippen molar-refractivity contribution >= 4 is 23.1 Å². The van der Waals surface area contributed by atoms with Crippen LogP contribution in [0.15, 0.2) is 54.7 Å². The summed E-state index contributed by atoms with van der Waals surface area (Å²) in [6, 6.07) is 12.7. The first-order chi connectivity index (χ1) is 11.9. The van der Waals surface area contributed by atoms with Gasteiger partial charge in [-0.15, -0.1) is 5.10 Å². The van der Waals surface area contributed by atoms with Gasteiger partial charge in [-0.05, 0) is 31.2 Å². The largest absolute Gasteiger partial charge is 0.418 e. The summed E-state index contributed by atoms with van der Waals surface area (Å²) >= 11 is 0. The molecule has 3 rings (SSSR count). The van der Waals surface area contributed by atoms with Gasteiger partial charge in [0.25, 0.3) is 0 Å². The number of rotatable bonds is 4. The van der Waals surface area contributed by atoms with Crippen molar-refractivity contribution in [2.75, 3.05) is 10.6 Å². The highest BCUT2D eigenvalue weighted by Gasteiger charge is 2.33. The first-order valence-electron chi connectivity index (χ1n) is 7.38. The van der Waals surface area contributed by atoms with E-state index in [9.17, 15) is 13.2 Å². The molecule has 0 saturated carbocycles. The van der Waals surface area contributed by atoms with Gasteiger partial charge in [0.1, 0.15) is 0 Å². The molecule has 128 valence electrons. The Morgan fingerprint density at radius 2 is 1.64 bits per heavy atom. The Kier molecular flexibility index (Phi) is 4.51. The minimum atomic E-state index is -4.47. The number of halogens is 3. The number of para-hydroxylation sites is 1. The lowest BCUT2D eigenvalue weighted by Crippen LogP contribution is -2.09. The second-order valence-corrected chi connectivity index (χ2v) is 5.32. The van der Waals surface area contributed by atoms with Crippen LogP contribution in [0.5, 0.6) is 0 Å². The van der Waals surface area contributed by atoms with E-state index in [-0.39, 0.29) is 17.5 Å². The predicted molar refractivity (Wildman–Crippen MR) is 89.0 cm³/mol. The zero-order valence-corrected chi connectivity index (χ0v) is 13.2. The third-order valence-electron chi connectivity index (χ3n) is 3.36. The topological polar surface area (TPSA) is 62.7 Å². The molecule has 0 aliphatic carbocycles. The van der Waals surface area contributed by atoms with E-state index in [1.165, 1.54) is 24.4 Å². The number of benzene rings is 2. The van der Waals surface area contributed by atoms with Gasteiger partial charge in [0.15, 0.2) is 5.82 Å². The molecule has 2 N–H and O–H groups in total.